The number of nitrogens with one attached hydrogen (secondary N) is 2. The van der Waals surface area contributed by atoms with Gasteiger partial charge in [-0.1, -0.05) is 0 Å². The molecule has 0 aliphatic carbocycles. The van der Waals surface area contributed by atoms with Crippen molar-refractivity contribution in [2.24, 2.45) is 0 Å². The number of H-pyrrole nitrogens is 1. The summed E-state index contributed by atoms with van der Waals surface area (Å²) in [5.41, 5.74) is 1.28. The van der Waals surface area contributed by atoms with Gasteiger partial charge in [-0.25, -0.2) is 15.0 Å². The van der Waals surface area contributed by atoms with E-state index < -0.39 is 0 Å². The highest BCUT2D eigenvalue weighted by Gasteiger charge is 2.17. The zero-order valence-corrected chi connectivity index (χ0v) is 13.2. The largest absolute Gasteiger partial charge is 0.464 e. The Labute approximate surface area is 132 Å². The van der Waals surface area contributed by atoms with Crippen LogP contribution in [-0.2, 0) is 4.79 Å². The van der Waals surface area contributed by atoms with Gasteiger partial charge in [0.15, 0.2) is 11.5 Å². The summed E-state index contributed by atoms with van der Waals surface area (Å²) in [4.78, 5) is 29.3. The number of amides is 1. The molecule has 2 N–H and O–H groups in total. The summed E-state index contributed by atoms with van der Waals surface area (Å²) in [6, 6.07) is 3.55. The molecule has 0 fully saturated rings. The molecule has 8 nitrogen and oxygen atoms in total. The number of fused-ring (bicyclic) bond motifs is 1. The van der Waals surface area contributed by atoms with Gasteiger partial charge in [0, 0.05) is 7.05 Å². The minimum Gasteiger partial charge on any atom is -0.464 e. The van der Waals surface area contributed by atoms with Crippen molar-refractivity contribution >= 4 is 22.9 Å². The predicted octanol–water partition coefficient (Wildman–Crippen LogP) is 1.57. The molecular formula is C15H18N6O2. The van der Waals surface area contributed by atoms with E-state index in [-0.39, 0.29) is 18.5 Å². The summed E-state index contributed by atoms with van der Waals surface area (Å²) >= 11 is 0. The van der Waals surface area contributed by atoms with Gasteiger partial charge in [0.1, 0.15) is 23.4 Å². The molecule has 0 aliphatic heterocycles. The Morgan fingerprint density at radius 3 is 2.96 bits per heavy atom. The molecule has 3 rings (SSSR count). The highest BCUT2D eigenvalue weighted by atomic mass is 16.3. The van der Waals surface area contributed by atoms with Crippen LogP contribution < -0.4 is 10.2 Å². The van der Waals surface area contributed by atoms with Gasteiger partial charge < -0.3 is 19.6 Å². The van der Waals surface area contributed by atoms with Crippen molar-refractivity contribution in [1.82, 2.24) is 25.3 Å². The second-order valence-electron chi connectivity index (χ2n) is 5.39. The SMILES string of the molecule is Cc1ccc([C@@H](C)NC(=O)CN(C)c2ncnc3nc[nH]c23)o1. The van der Waals surface area contributed by atoms with E-state index in [0.29, 0.717) is 17.0 Å². The summed E-state index contributed by atoms with van der Waals surface area (Å²) in [5.74, 6) is 2.06. The van der Waals surface area contributed by atoms with Crippen LogP contribution >= 0.6 is 0 Å². The molecule has 0 unspecified atom stereocenters. The first kappa shape index (κ1) is 15.0. The van der Waals surface area contributed by atoms with Crippen molar-refractivity contribution in [3.63, 3.8) is 0 Å². The molecule has 120 valence electrons. The van der Waals surface area contributed by atoms with Crippen LogP contribution in [0.3, 0.4) is 0 Å². The predicted molar refractivity (Wildman–Crippen MR) is 85.0 cm³/mol. The molecular weight excluding hydrogens is 296 g/mol. The number of imidazole rings is 1. The summed E-state index contributed by atoms with van der Waals surface area (Å²) < 4.78 is 5.52. The van der Waals surface area contributed by atoms with Crippen LogP contribution in [0.5, 0.6) is 0 Å². The highest BCUT2D eigenvalue weighted by molar-refractivity contribution is 5.87. The molecule has 1 atom stereocenters. The Bertz CT molecular complexity index is 824. The number of carbonyl (C=O) groups is 1. The van der Waals surface area contributed by atoms with Gasteiger partial charge in [-0.05, 0) is 26.0 Å². The van der Waals surface area contributed by atoms with Crippen LogP contribution in [0.2, 0.25) is 0 Å². The molecule has 0 radical (unpaired) electrons. The summed E-state index contributed by atoms with van der Waals surface area (Å²) in [5, 5.41) is 2.91. The monoisotopic (exact) mass is 314 g/mol. The number of hydrogen-bond donors (Lipinski definition) is 2. The second kappa shape index (κ2) is 6.07. The number of rotatable bonds is 5. The molecule has 0 spiro atoms. The Morgan fingerprint density at radius 2 is 2.22 bits per heavy atom. The third-order valence-electron chi connectivity index (χ3n) is 3.51. The average Bonchev–Trinajstić information content (AvgIpc) is 3.14. The van der Waals surface area contributed by atoms with Gasteiger partial charge in [-0.15, -0.1) is 0 Å². The van der Waals surface area contributed by atoms with Crippen molar-refractivity contribution in [2.75, 3.05) is 18.5 Å². The maximum Gasteiger partial charge on any atom is 0.240 e. The zero-order chi connectivity index (χ0) is 16.4. The van der Waals surface area contributed by atoms with Crippen molar-refractivity contribution in [2.45, 2.75) is 19.9 Å². The Kier molecular flexibility index (Phi) is 3.96. The van der Waals surface area contributed by atoms with E-state index in [1.807, 2.05) is 26.0 Å². The van der Waals surface area contributed by atoms with Crippen molar-refractivity contribution in [3.05, 3.63) is 36.3 Å². The number of aromatic amines is 1. The summed E-state index contributed by atoms with van der Waals surface area (Å²) in [7, 11) is 1.80. The van der Waals surface area contributed by atoms with Crippen LogP contribution in [0.25, 0.3) is 11.2 Å². The Balaban J connectivity index is 1.66. The minimum absolute atomic E-state index is 0.125. The molecule has 1 amide bonds. The van der Waals surface area contributed by atoms with Gasteiger partial charge in [-0.3, -0.25) is 4.79 Å². The number of carbonyl (C=O) groups excluding carboxylic acids is 1. The molecule has 0 bridgehead atoms. The fourth-order valence-corrected chi connectivity index (χ4v) is 2.38. The van der Waals surface area contributed by atoms with E-state index in [4.69, 9.17) is 4.42 Å². The van der Waals surface area contributed by atoms with E-state index in [0.717, 1.165) is 11.5 Å². The fraction of sp³-hybridized carbons (Fsp3) is 0.333. The summed E-state index contributed by atoms with van der Waals surface area (Å²) in [6.07, 6.45) is 2.99. The molecule has 3 aromatic heterocycles. The maximum atomic E-state index is 12.2. The first-order valence-corrected chi connectivity index (χ1v) is 7.25. The number of nitrogens with zero attached hydrogens (tertiary/aromatic N) is 4. The van der Waals surface area contributed by atoms with E-state index in [2.05, 4.69) is 25.3 Å². The zero-order valence-electron chi connectivity index (χ0n) is 13.2. The van der Waals surface area contributed by atoms with Gasteiger partial charge in [-0.2, -0.15) is 0 Å². The standard InChI is InChI=1S/C15H18N6O2/c1-9-4-5-11(23-9)10(2)20-12(22)6-21(3)15-13-14(17-7-16-13)18-8-19-15/h4-5,7-8,10H,6H2,1-3H3,(H,20,22)(H,16,17,18,19)/t10-/m1/s1. The molecule has 8 heteroatoms. The van der Waals surface area contributed by atoms with Crippen LogP contribution in [-0.4, -0.2) is 39.4 Å². The molecule has 23 heavy (non-hydrogen) atoms. The van der Waals surface area contributed by atoms with Crippen molar-refractivity contribution in [1.29, 1.82) is 0 Å². The maximum absolute atomic E-state index is 12.2. The summed E-state index contributed by atoms with van der Waals surface area (Å²) in [6.45, 7) is 3.92. The Hall–Kier alpha value is -2.90. The lowest BCUT2D eigenvalue weighted by Crippen LogP contribution is -2.36. The van der Waals surface area contributed by atoms with Gasteiger partial charge in [0.05, 0.1) is 18.9 Å². The third-order valence-corrected chi connectivity index (χ3v) is 3.51. The number of likely N-dealkylation sites (N-methyl/N-ethyl adjacent to an activating group) is 1. The fourth-order valence-electron chi connectivity index (χ4n) is 2.38. The lowest BCUT2D eigenvalue weighted by atomic mass is 10.2. The van der Waals surface area contributed by atoms with Gasteiger partial charge in [0.2, 0.25) is 5.91 Å². The number of furan rings is 1. The lowest BCUT2D eigenvalue weighted by Gasteiger charge is -2.19. The topological polar surface area (TPSA) is 99.9 Å². The van der Waals surface area contributed by atoms with Crippen LogP contribution in [0.1, 0.15) is 24.5 Å². The van der Waals surface area contributed by atoms with Crippen molar-refractivity contribution in [3.8, 4) is 0 Å². The lowest BCUT2D eigenvalue weighted by molar-refractivity contribution is -0.120. The molecule has 3 heterocycles. The molecule has 3 aromatic rings. The van der Waals surface area contributed by atoms with Gasteiger partial charge in [0.25, 0.3) is 0 Å². The van der Waals surface area contributed by atoms with Crippen LogP contribution in [0, 0.1) is 6.92 Å². The average molecular weight is 314 g/mol. The second-order valence-corrected chi connectivity index (χ2v) is 5.39. The molecule has 0 saturated heterocycles. The normalized spacial score (nSPS) is 12.3. The number of hydrogen-bond acceptors (Lipinski definition) is 6. The smallest absolute Gasteiger partial charge is 0.240 e. The molecule has 0 saturated carbocycles. The van der Waals surface area contributed by atoms with E-state index >= 15 is 0 Å². The van der Waals surface area contributed by atoms with Crippen LogP contribution in [0.4, 0.5) is 5.82 Å². The van der Waals surface area contributed by atoms with E-state index in [1.54, 1.807) is 18.3 Å². The van der Waals surface area contributed by atoms with E-state index in [1.165, 1.54) is 6.33 Å². The van der Waals surface area contributed by atoms with Crippen molar-refractivity contribution < 1.29 is 9.21 Å². The first-order chi connectivity index (χ1) is 11.0. The van der Waals surface area contributed by atoms with E-state index in [9.17, 15) is 4.79 Å². The number of aryl methyl sites for hydroxylation is 1. The quantitative estimate of drug-likeness (QED) is 0.741. The number of aromatic nitrogens is 4. The minimum atomic E-state index is -0.192. The highest BCUT2D eigenvalue weighted by Crippen LogP contribution is 2.18. The molecule has 0 aliphatic rings. The number of anilines is 1. The first-order valence-electron chi connectivity index (χ1n) is 7.25. The third kappa shape index (κ3) is 3.15. The Morgan fingerprint density at radius 1 is 1.39 bits per heavy atom. The van der Waals surface area contributed by atoms with Gasteiger partial charge >= 0.3 is 0 Å². The van der Waals surface area contributed by atoms with Crippen LogP contribution in [0.15, 0.2) is 29.2 Å². The molecule has 0 aromatic carbocycles.